The molecule has 1 aromatic heterocycles. The summed E-state index contributed by atoms with van der Waals surface area (Å²) in [6.07, 6.45) is 0. The molecule has 1 rings (SSSR count). The summed E-state index contributed by atoms with van der Waals surface area (Å²) in [7, 11) is 0. The fraction of sp³-hybridized carbons (Fsp3) is 0.364. The van der Waals surface area contributed by atoms with E-state index in [0.717, 1.165) is 0 Å². The van der Waals surface area contributed by atoms with E-state index in [1.165, 1.54) is 6.07 Å². The van der Waals surface area contributed by atoms with Crippen LogP contribution in [0.4, 0.5) is 0 Å². The van der Waals surface area contributed by atoms with E-state index in [1.54, 1.807) is 11.8 Å². The molecule has 0 unspecified atom stereocenters. The second-order valence-electron chi connectivity index (χ2n) is 3.46. The SMILES string of the molecule is Cc1oc(C(=O)O)cc1CN(CC#N)CC#N. The molecule has 0 aliphatic rings. The first kappa shape index (κ1) is 12.8. The van der Waals surface area contributed by atoms with Crippen LogP contribution in [0.5, 0.6) is 0 Å². The van der Waals surface area contributed by atoms with Crippen LogP contribution >= 0.6 is 0 Å². The second-order valence-corrected chi connectivity index (χ2v) is 3.46. The molecule has 88 valence electrons. The van der Waals surface area contributed by atoms with Crippen LogP contribution < -0.4 is 0 Å². The predicted molar refractivity (Wildman–Crippen MR) is 56.9 cm³/mol. The van der Waals surface area contributed by atoms with E-state index in [1.807, 2.05) is 12.1 Å². The highest BCUT2D eigenvalue weighted by Crippen LogP contribution is 2.16. The third kappa shape index (κ3) is 3.33. The van der Waals surface area contributed by atoms with Gasteiger partial charge in [0.1, 0.15) is 5.76 Å². The third-order valence-electron chi connectivity index (χ3n) is 2.21. The lowest BCUT2D eigenvalue weighted by Crippen LogP contribution is -2.23. The summed E-state index contributed by atoms with van der Waals surface area (Å²) in [5.74, 6) is -0.777. The van der Waals surface area contributed by atoms with Crippen molar-refractivity contribution in [1.82, 2.24) is 4.90 Å². The Morgan fingerprint density at radius 1 is 1.47 bits per heavy atom. The fourth-order valence-electron chi connectivity index (χ4n) is 1.39. The Balaban J connectivity index is 2.83. The summed E-state index contributed by atoms with van der Waals surface area (Å²) in [5, 5.41) is 25.9. The van der Waals surface area contributed by atoms with Crippen LogP contribution in [-0.2, 0) is 6.54 Å². The molecule has 0 fully saturated rings. The van der Waals surface area contributed by atoms with Crippen molar-refractivity contribution in [3.8, 4) is 12.1 Å². The van der Waals surface area contributed by atoms with Gasteiger partial charge in [-0.1, -0.05) is 0 Å². The normalized spacial score (nSPS) is 9.88. The smallest absolute Gasteiger partial charge is 0.371 e. The lowest BCUT2D eigenvalue weighted by atomic mass is 10.2. The number of rotatable bonds is 5. The van der Waals surface area contributed by atoms with Gasteiger partial charge in [0.2, 0.25) is 5.76 Å². The van der Waals surface area contributed by atoms with Crippen LogP contribution in [0.2, 0.25) is 0 Å². The first-order valence-corrected chi connectivity index (χ1v) is 4.87. The topological polar surface area (TPSA) is 101 Å². The summed E-state index contributed by atoms with van der Waals surface area (Å²) in [6, 6.07) is 5.32. The minimum absolute atomic E-state index is 0.112. The molecule has 0 saturated carbocycles. The molecule has 1 N–H and O–H groups in total. The van der Waals surface area contributed by atoms with E-state index in [-0.39, 0.29) is 18.8 Å². The molecule has 0 aromatic carbocycles. The molecular weight excluding hydrogens is 222 g/mol. The number of carbonyl (C=O) groups is 1. The summed E-state index contributed by atoms with van der Waals surface area (Å²) >= 11 is 0. The molecule has 1 aromatic rings. The van der Waals surface area contributed by atoms with E-state index in [0.29, 0.717) is 17.9 Å². The van der Waals surface area contributed by atoms with Gasteiger partial charge in [0.05, 0.1) is 25.2 Å². The maximum absolute atomic E-state index is 10.7. The standard InChI is InChI=1S/C11H11N3O3/c1-8-9(6-10(17-8)11(15)16)7-14(4-2-12)5-3-13/h6H,4-5,7H2,1H3,(H,15,16). The van der Waals surface area contributed by atoms with Crippen molar-refractivity contribution in [2.75, 3.05) is 13.1 Å². The summed E-state index contributed by atoms with van der Waals surface area (Å²) < 4.78 is 5.04. The molecule has 0 saturated heterocycles. The van der Waals surface area contributed by atoms with Crippen LogP contribution in [0.3, 0.4) is 0 Å². The first-order chi connectivity index (χ1) is 8.08. The molecule has 17 heavy (non-hydrogen) atoms. The Labute approximate surface area is 98.3 Å². The maximum atomic E-state index is 10.7. The molecule has 6 heteroatoms. The van der Waals surface area contributed by atoms with Gasteiger partial charge in [0, 0.05) is 12.1 Å². The van der Waals surface area contributed by atoms with Crippen LogP contribution in [0.25, 0.3) is 0 Å². The third-order valence-corrected chi connectivity index (χ3v) is 2.21. The van der Waals surface area contributed by atoms with Crippen LogP contribution in [-0.4, -0.2) is 29.1 Å². The van der Waals surface area contributed by atoms with Gasteiger partial charge in [-0.2, -0.15) is 10.5 Å². The Hall–Kier alpha value is -2.31. The van der Waals surface area contributed by atoms with E-state index >= 15 is 0 Å². The number of hydrogen-bond donors (Lipinski definition) is 1. The zero-order valence-corrected chi connectivity index (χ0v) is 9.30. The van der Waals surface area contributed by atoms with Gasteiger partial charge in [-0.15, -0.1) is 0 Å². The average Bonchev–Trinajstić information content (AvgIpc) is 2.61. The maximum Gasteiger partial charge on any atom is 0.371 e. The molecule has 0 spiro atoms. The summed E-state index contributed by atoms with van der Waals surface area (Å²) in [4.78, 5) is 12.3. The van der Waals surface area contributed by atoms with Crippen molar-refractivity contribution in [2.45, 2.75) is 13.5 Å². The number of furan rings is 1. The van der Waals surface area contributed by atoms with E-state index in [4.69, 9.17) is 20.0 Å². The molecule has 1 heterocycles. The van der Waals surface area contributed by atoms with Crippen molar-refractivity contribution in [3.63, 3.8) is 0 Å². The lowest BCUT2D eigenvalue weighted by Gasteiger charge is -2.13. The Kier molecular flexibility index (Phi) is 4.27. The number of nitriles is 2. The first-order valence-electron chi connectivity index (χ1n) is 4.87. The molecule has 6 nitrogen and oxygen atoms in total. The van der Waals surface area contributed by atoms with Gasteiger partial charge in [0.15, 0.2) is 0 Å². The van der Waals surface area contributed by atoms with Gasteiger partial charge in [-0.25, -0.2) is 4.79 Å². The highest BCUT2D eigenvalue weighted by atomic mass is 16.4. The Morgan fingerprint density at radius 3 is 2.47 bits per heavy atom. The van der Waals surface area contributed by atoms with Gasteiger partial charge in [-0.05, 0) is 13.0 Å². The fourth-order valence-corrected chi connectivity index (χ4v) is 1.39. The minimum atomic E-state index is -1.13. The van der Waals surface area contributed by atoms with Gasteiger partial charge in [-0.3, -0.25) is 4.90 Å². The quantitative estimate of drug-likeness (QED) is 0.765. The monoisotopic (exact) mass is 233 g/mol. The van der Waals surface area contributed by atoms with Crippen LogP contribution in [0.1, 0.15) is 21.9 Å². The molecule has 0 atom stereocenters. The Bertz CT molecular complexity index is 477. The zero-order chi connectivity index (χ0) is 12.8. The number of hydrogen-bond acceptors (Lipinski definition) is 5. The number of carboxylic acids is 1. The van der Waals surface area contributed by atoms with Crippen LogP contribution in [0, 0.1) is 29.6 Å². The van der Waals surface area contributed by atoms with Crippen molar-refractivity contribution in [1.29, 1.82) is 10.5 Å². The molecule has 0 bridgehead atoms. The largest absolute Gasteiger partial charge is 0.475 e. The van der Waals surface area contributed by atoms with Crippen molar-refractivity contribution in [3.05, 3.63) is 23.2 Å². The molecule has 0 radical (unpaired) electrons. The van der Waals surface area contributed by atoms with Crippen LogP contribution in [0.15, 0.2) is 10.5 Å². The molecular formula is C11H11N3O3. The van der Waals surface area contributed by atoms with Gasteiger partial charge in [0.25, 0.3) is 0 Å². The summed E-state index contributed by atoms with van der Waals surface area (Å²) in [5.41, 5.74) is 0.674. The molecule has 0 aliphatic heterocycles. The predicted octanol–water partition coefficient (Wildman–Crippen LogP) is 1.14. The second kappa shape index (κ2) is 5.69. The number of aryl methyl sites for hydroxylation is 1. The van der Waals surface area contributed by atoms with Crippen molar-refractivity contribution in [2.24, 2.45) is 0 Å². The van der Waals surface area contributed by atoms with Gasteiger partial charge >= 0.3 is 5.97 Å². The molecule has 0 amide bonds. The number of aromatic carboxylic acids is 1. The highest BCUT2D eigenvalue weighted by Gasteiger charge is 2.15. The van der Waals surface area contributed by atoms with Crippen molar-refractivity contribution >= 4 is 5.97 Å². The van der Waals surface area contributed by atoms with E-state index < -0.39 is 5.97 Å². The Morgan fingerprint density at radius 2 is 2.06 bits per heavy atom. The van der Waals surface area contributed by atoms with Gasteiger partial charge < -0.3 is 9.52 Å². The summed E-state index contributed by atoms with van der Waals surface area (Å²) in [6.45, 7) is 2.20. The van der Waals surface area contributed by atoms with Crippen molar-refractivity contribution < 1.29 is 14.3 Å². The number of nitrogens with zero attached hydrogens (tertiary/aromatic N) is 3. The highest BCUT2D eigenvalue weighted by molar-refractivity contribution is 5.84. The zero-order valence-electron chi connectivity index (χ0n) is 9.30. The number of carboxylic acid groups (broad SMARTS) is 1. The van der Waals surface area contributed by atoms with E-state index in [9.17, 15) is 4.79 Å². The average molecular weight is 233 g/mol. The lowest BCUT2D eigenvalue weighted by molar-refractivity contribution is 0.0661. The molecule has 0 aliphatic carbocycles. The van der Waals surface area contributed by atoms with E-state index in [2.05, 4.69) is 0 Å². The minimum Gasteiger partial charge on any atom is -0.475 e.